The Balaban J connectivity index is 2.58. The average Bonchev–Trinajstić information content (AvgIpc) is 2.41. The van der Waals surface area contributed by atoms with E-state index >= 15 is 0 Å². The maximum absolute atomic E-state index is 6.01. The Bertz CT molecular complexity index is 629. The summed E-state index contributed by atoms with van der Waals surface area (Å²) in [6, 6.07) is 5.80. The minimum absolute atomic E-state index is 0.736. The molecule has 0 unspecified atom stereocenters. The van der Waals surface area contributed by atoms with Gasteiger partial charge >= 0.3 is 0 Å². The zero-order valence-corrected chi connectivity index (χ0v) is 14.7. The molecular formula is C15H17ClIN3. The number of hydrogen-bond acceptors (Lipinski definition) is 3. The van der Waals surface area contributed by atoms with Gasteiger partial charge in [-0.3, -0.25) is 0 Å². The van der Waals surface area contributed by atoms with Crippen LogP contribution in [0.5, 0.6) is 0 Å². The van der Waals surface area contributed by atoms with Gasteiger partial charge in [-0.25, -0.2) is 9.97 Å². The van der Waals surface area contributed by atoms with Gasteiger partial charge in [0.2, 0.25) is 0 Å². The lowest BCUT2D eigenvalue weighted by molar-refractivity contribution is 0.868. The number of benzene rings is 1. The predicted molar refractivity (Wildman–Crippen MR) is 93.5 cm³/mol. The number of hydrogen-bond donors (Lipinski definition) is 1. The average molecular weight is 402 g/mol. The van der Waals surface area contributed by atoms with Crippen molar-refractivity contribution in [1.82, 2.24) is 9.97 Å². The van der Waals surface area contributed by atoms with Crippen LogP contribution in [0, 0.1) is 10.5 Å². The molecule has 0 aliphatic rings. The molecule has 1 aromatic heterocycles. The summed E-state index contributed by atoms with van der Waals surface area (Å²) in [5.74, 6) is 1.64. The fourth-order valence-electron chi connectivity index (χ4n) is 2.06. The third kappa shape index (κ3) is 3.23. The van der Waals surface area contributed by atoms with E-state index in [9.17, 15) is 0 Å². The molecule has 0 radical (unpaired) electrons. The molecule has 0 bridgehead atoms. The van der Waals surface area contributed by atoms with Crippen molar-refractivity contribution in [2.45, 2.75) is 26.7 Å². The Labute approximate surface area is 138 Å². The summed E-state index contributed by atoms with van der Waals surface area (Å²) in [6.45, 7) is 4.19. The van der Waals surface area contributed by atoms with E-state index in [2.05, 4.69) is 39.8 Å². The van der Waals surface area contributed by atoms with Gasteiger partial charge in [-0.15, -0.1) is 0 Å². The van der Waals surface area contributed by atoms with Crippen molar-refractivity contribution in [1.29, 1.82) is 0 Å². The quantitative estimate of drug-likeness (QED) is 0.754. The Morgan fingerprint density at radius 2 is 2.05 bits per heavy atom. The largest absolute Gasteiger partial charge is 0.372 e. The normalized spacial score (nSPS) is 10.7. The Morgan fingerprint density at radius 3 is 2.65 bits per heavy atom. The number of rotatable bonds is 4. The van der Waals surface area contributed by atoms with Crippen LogP contribution >= 0.6 is 34.2 Å². The summed E-state index contributed by atoms with van der Waals surface area (Å²) in [5, 5.41) is 3.89. The van der Waals surface area contributed by atoms with Crippen molar-refractivity contribution >= 4 is 40.0 Å². The molecule has 2 aromatic rings. The molecule has 3 nitrogen and oxygen atoms in total. The maximum Gasteiger partial charge on any atom is 0.162 e. The Hall–Kier alpha value is -0.880. The van der Waals surface area contributed by atoms with Gasteiger partial charge in [0.15, 0.2) is 5.82 Å². The van der Waals surface area contributed by atoms with Gasteiger partial charge in [0.25, 0.3) is 0 Å². The SMILES string of the molecule is CCCc1nc(-c2ccc(Cl)cc2C)nc(NC)c1I. The van der Waals surface area contributed by atoms with E-state index in [0.29, 0.717) is 0 Å². The predicted octanol–water partition coefficient (Wildman–Crippen LogP) is 4.70. The van der Waals surface area contributed by atoms with Crippen LogP contribution in [0.4, 0.5) is 5.82 Å². The van der Waals surface area contributed by atoms with E-state index in [-0.39, 0.29) is 0 Å². The second-order valence-electron chi connectivity index (χ2n) is 4.62. The molecule has 0 spiro atoms. The highest BCUT2D eigenvalue weighted by molar-refractivity contribution is 14.1. The monoisotopic (exact) mass is 401 g/mol. The zero-order chi connectivity index (χ0) is 14.7. The fraction of sp³-hybridized carbons (Fsp3) is 0.333. The summed E-state index contributed by atoms with van der Waals surface area (Å²) in [5.41, 5.74) is 3.21. The molecule has 20 heavy (non-hydrogen) atoms. The van der Waals surface area contributed by atoms with Crippen LogP contribution in [0.2, 0.25) is 5.02 Å². The first-order valence-electron chi connectivity index (χ1n) is 6.57. The third-order valence-corrected chi connectivity index (χ3v) is 4.44. The van der Waals surface area contributed by atoms with E-state index in [4.69, 9.17) is 16.6 Å². The van der Waals surface area contributed by atoms with Gasteiger partial charge in [-0.2, -0.15) is 0 Å². The molecular weight excluding hydrogens is 385 g/mol. The second-order valence-corrected chi connectivity index (χ2v) is 6.13. The van der Waals surface area contributed by atoms with E-state index < -0.39 is 0 Å². The van der Waals surface area contributed by atoms with Gasteiger partial charge in [0, 0.05) is 17.6 Å². The smallest absolute Gasteiger partial charge is 0.162 e. The van der Waals surface area contributed by atoms with E-state index in [1.54, 1.807) is 0 Å². The van der Waals surface area contributed by atoms with Crippen molar-refractivity contribution in [3.8, 4) is 11.4 Å². The molecule has 0 saturated carbocycles. The van der Waals surface area contributed by atoms with Gasteiger partial charge < -0.3 is 5.32 Å². The van der Waals surface area contributed by atoms with Crippen LogP contribution in [0.3, 0.4) is 0 Å². The second kappa shape index (κ2) is 6.72. The first kappa shape index (κ1) is 15.5. The lowest BCUT2D eigenvalue weighted by atomic mass is 10.1. The first-order chi connectivity index (χ1) is 9.56. The van der Waals surface area contributed by atoms with Crippen LogP contribution in [-0.2, 0) is 6.42 Å². The van der Waals surface area contributed by atoms with Crippen LogP contribution in [0.25, 0.3) is 11.4 Å². The van der Waals surface area contributed by atoms with Crippen molar-refractivity contribution in [3.05, 3.63) is 38.0 Å². The van der Waals surface area contributed by atoms with Gasteiger partial charge in [-0.1, -0.05) is 24.9 Å². The first-order valence-corrected chi connectivity index (χ1v) is 8.03. The summed E-state index contributed by atoms with van der Waals surface area (Å²) in [4.78, 5) is 9.35. The van der Waals surface area contributed by atoms with E-state index in [1.165, 1.54) is 0 Å². The standard InChI is InChI=1S/C15H17ClIN3/c1-4-5-12-13(17)15(18-3)20-14(19-12)11-7-6-10(16)8-9(11)2/h6-8H,4-5H2,1-3H3,(H,18,19,20). The molecule has 0 aliphatic heterocycles. The van der Waals surface area contributed by atoms with Crippen molar-refractivity contribution < 1.29 is 0 Å². The number of aromatic nitrogens is 2. The lowest BCUT2D eigenvalue weighted by Crippen LogP contribution is -2.05. The molecule has 0 fully saturated rings. The number of halogens is 2. The summed E-state index contributed by atoms with van der Waals surface area (Å²) >= 11 is 8.32. The van der Waals surface area contributed by atoms with Crippen LogP contribution in [0.15, 0.2) is 18.2 Å². The molecule has 1 heterocycles. The zero-order valence-electron chi connectivity index (χ0n) is 11.8. The molecule has 0 atom stereocenters. The number of nitrogens with zero attached hydrogens (tertiary/aromatic N) is 2. The van der Waals surface area contributed by atoms with Crippen LogP contribution in [-0.4, -0.2) is 17.0 Å². The third-order valence-electron chi connectivity index (χ3n) is 3.07. The molecule has 1 N–H and O–H groups in total. The molecule has 5 heteroatoms. The van der Waals surface area contributed by atoms with Crippen molar-refractivity contribution in [2.75, 3.05) is 12.4 Å². The minimum atomic E-state index is 0.736. The highest BCUT2D eigenvalue weighted by atomic mass is 127. The summed E-state index contributed by atoms with van der Waals surface area (Å²) in [6.07, 6.45) is 2.02. The topological polar surface area (TPSA) is 37.8 Å². The van der Waals surface area contributed by atoms with Crippen molar-refractivity contribution in [2.24, 2.45) is 0 Å². The molecule has 2 rings (SSSR count). The fourth-order valence-corrected chi connectivity index (χ4v) is 3.07. The molecule has 1 aromatic carbocycles. The van der Waals surface area contributed by atoms with Gasteiger partial charge in [-0.05, 0) is 59.7 Å². The van der Waals surface area contributed by atoms with Gasteiger partial charge in [0.05, 0.1) is 9.26 Å². The Kier molecular flexibility index (Phi) is 5.21. The highest BCUT2D eigenvalue weighted by Gasteiger charge is 2.13. The molecule has 106 valence electrons. The number of nitrogens with one attached hydrogen (secondary N) is 1. The van der Waals surface area contributed by atoms with E-state index in [1.807, 2.05) is 32.2 Å². The molecule has 0 amide bonds. The highest BCUT2D eigenvalue weighted by Crippen LogP contribution is 2.27. The summed E-state index contributed by atoms with van der Waals surface area (Å²) in [7, 11) is 1.89. The van der Waals surface area contributed by atoms with Crippen molar-refractivity contribution in [3.63, 3.8) is 0 Å². The summed E-state index contributed by atoms with van der Waals surface area (Å²) < 4.78 is 1.10. The molecule has 0 saturated heterocycles. The van der Waals surface area contributed by atoms with Gasteiger partial charge in [0.1, 0.15) is 5.82 Å². The number of aryl methyl sites for hydroxylation is 2. The Morgan fingerprint density at radius 1 is 1.30 bits per heavy atom. The maximum atomic E-state index is 6.01. The van der Waals surface area contributed by atoms with Crippen LogP contribution < -0.4 is 5.32 Å². The van der Waals surface area contributed by atoms with E-state index in [0.717, 1.165) is 49.9 Å². The van der Waals surface area contributed by atoms with Crippen LogP contribution in [0.1, 0.15) is 24.6 Å². The molecule has 0 aliphatic carbocycles. The minimum Gasteiger partial charge on any atom is -0.372 e. The lowest BCUT2D eigenvalue weighted by Gasteiger charge is -2.12. The number of anilines is 1.